The molecule has 0 aliphatic heterocycles. The summed E-state index contributed by atoms with van der Waals surface area (Å²) >= 11 is 0. The number of hydrogen-bond donors (Lipinski definition) is 1. The highest BCUT2D eigenvalue weighted by Gasteiger charge is 2.02. The Bertz CT molecular complexity index is 479. The number of aryl methyl sites for hydroxylation is 1. The third kappa shape index (κ3) is 1.80. The van der Waals surface area contributed by atoms with Gasteiger partial charge in [-0.3, -0.25) is 0 Å². The van der Waals surface area contributed by atoms with Gasteiger partial charge in [0, 0.05) is 26.4 Å². The second kappa shape index (κ2) is 3.84. The van der Waals surface area contributed by atoms with E-state index in [1.54, 1.807) is 4.90 Å². The fourth-order valence-corrected chi connectivity index (χ4v) is 1.46. The molecule has 0 saturated heterocycles. The van der Waals surface area contributed by atoms with Gasteiger partial charge < -0.3 is 9.88 Å². The van der Waals surface area contributed by atoms with E-state index < -0.39 is 12.9 Å². The average Bonchev–Trinajstić information content (AvgIpc) is 2.70. The fraction of sp³-hybridized carbons (Fsp3) is 0.333. The SMILES string of the molecule is [2H]C(c1c[nH]c2ccccc12)C([2H])N(C)C. The molecule has 0 aliphatic rings. The first-order chi connectivity index (χ1) is 7.61. The number of likely N-dealkylation sites (N-methyl/N-ethyl adjacent to an activating group) is 1. The van der Waals surface area contributed by atoms with Crippen molar-refractivity contribution in [1.29, 1.82) is 0 Å². The van der Waals surface area contributed by atoms with E-state index in [1.165, 1.54) is 0 Å². The lowest BCUT2D eigenvalue weighted by atomic mass is 10.1. The minimum Gasteiger partial charge on any atom is -0.361 e. The second-order valence-electron chi connectivity index (χ2n) is 3.57. The molecule has 1 aromatic heterocycles. The lowest BCUT2D eigenvalue weighted by molar-refractivity contribution is 0.414. The molecule has 2 unspecified atom stereocenters. The van der Waals surface area contributed by atoms with Gasteiger partial charge >= 0.3 is 0 Å². The van der Waals surface area contributed by atoms with Gasteiger partial charge in [0.1, 0.15) is 0 Å². The smallest absolute Gasteiger partial charge is 0.0456 e. The third-order valence-electron chi connectivity index (χ3n) is 2.17. The topological polar surface area (TPSA) is 19.0 Å². The number of rotatable bonds is 3. The van der Waals surface area contributed by atoms with Crippen molar-refractivity contribution in [3.05, 3.63) is 36.0 Å². The maximum absolute atomic E-state index is 8.10. The highest BCUT2D eigenvalue weighted by molar-refractivity contribution is 5.83. The summed E-state index contributed by atoms with van der Waals surface area (Å²) in [7, 11) is 3.65. The maximum atomic E-state index is 8.10. The van der Waals surface area contributed by atoms with E-state index in [9.17, 15) is 0 Å². The van der Waals surface area contributed by atoms with Crippen LogP contribution in [0.25, 0.3) is 10.9 Å². The van der Waals surface area contributed by atoms with Crippen molar-refractivity contribution in [3.63, 3.8) is 0 Å². The number of aromatic nitrogens is 1. The molecule has 2 aromatic rings. The van der Waals surface area contributed by atoms with E-state index in [-0.39, 0.29) is 0 Å². The summed E-state index contributed by atoms with van der Waals surface area (Å²) < 4.78 is 16.0. The molecule has 0 bridgehead atoms. The van der Waals surface area contributed by atoms with Gasteiger partial charge in [0.2, 0.25) is 0 Å². The summed E-state index contributed by atoms with van der Waals surface area (Å²) in [5, 5.41) is 1.04. The monoisotopic (exact) mass is 190 g/mol. The van der Waals surface area contributed by atoms with Crippen LogP contribution in [-0.4, -0.2) is 30.5 Å². The number of fused-ring (bicyclic) bond motifs is 1. The normalized spacial score (nSPS) is 17.9. The predicted molar refractivity (Wildman–Crippen MR) is 60.6 cm³/mol. The van der Waals surface area contributed by atoms with E-state index in [0.29, 0.717) is 0 Å². The Labute approximate surface area is 87.4 Å². The Balaban J connectivity index is 2.40. The van der Waals surface area contributed by atoms with Crippen LogP contribution in [0.15, 0.2) is 30.5 Å². The van der Waals surface area contributed by atoms with Crippen LogP contribution in [0, 0.1) is 0 Å². The molecule has 1 aromatic carbocycles. The molecule has 74 valence electrons. The molecular weight excluding hydrogens is 172 g/mol. The Morgan fingerprint density at radius 1 is 1.36 bits per heavy atom. The van der Waals surface area contributed by atoms with Crippen LogP contribution in [-0.2, 0) is 6.40 Å². The van der Waals surface area contributed by atoms with E-state index in [2.05, 4.69) is 4.98 Å². The Kier molecular flexibility index (Phi) is 1.94. The molecule has 1 heterocycles. The van der Waals surface area contributed by atoms with Crippen LogP contribution in [0.1, 0.15) is 8.30 Å². The Morgan fingerprint density at radius 3 is 2.93 bits per heavy atom. The first-order valence-electron chi connectivity index (χ1n) is 5.83. The molecule has 2 nitrogen and oxygen atoms in total. The number of nitrogens with one attached hydrogen (secondary N) is 1. The maximum Gasteiger partial charge on any atom is 0.0456 e. The van der Waals surface area contributed by atoms with Gasteiger partial charge in [0.25, 0.3) is 0 Å². The van der Waals surface area contributed by atoms with Gasteiger partial charge in [-0.25, -0.2) is 0 Å². The number of H-pyrrole nitrogens is 1. The molecule has 2 atom stereocenters. The van der Waals surface area contributed by atoms with Gasteiger partial charge in [-0.05, 0) is 32.1 Å². The van der Waals surface area contributed by atoms with Gasteiger partial charge in [-0.2, -0.15) is 0 Å². The van der Waals surface area contributed by atoms with Crippen molar-refractivity contribution in [1.82, 2.24) is 9.88 Å². The zero-order valence-corrected chi connectivity index (χ0v) is 8.49. The quantitative estimate of drug-likeness (QED) is 0.786. The van der Waals surface area contributed by atoms with Gasteiger partial charge in [0.15, 0.2) is 0 Å². The van der Waals surface area contributed by atoms with Crippen LogP contribution in [0.5, 0.6) is 0 Å². The summed E-state index contributed by atoms with van der Waals surface area (Å²) in [5.41, 5.74) is 1.92. The zero-order chi connectivity index (χ0) is 11.7. The molecule has 0 fully saturated rings. The molecule has 14 heavy (non-hydrogen) atoms. The highest BCUT2D eigenvalue weighted by atomic mass is 15.0. The summed E-state index contributed by atoms with van der Waals surface area (Å²) in [4.78, 5) is 4.89. The molecular formula is C12H16N2. The zero-order valence-electron chi connectivity index (χ0n) is 10.5. The largest absolute Gasteiger partial charge is 0.361 e. The van der Waals surface area contributed by atoms with E-state index in [4.69, 9.17) is 2.74 Å². The van der Waals surface area contributed by atoms with E-state index >= 15 is 0 Å². The summed E-state index contributed by atoms with van der Waals surface area (Å²) in [6.45, 7) is -0.542. The summed E-state index contributed by atoms with van der Waals surface area (Å²) in [6, 6.07) is 7.90. The lowest BCUT2D eigenvalue weighted by Gasteiger charge is -2.07. The van der Waals surface area contributed by atoms with Crippen LogP contribution in [0.3, 0.4) is 0 Å². The van der Waals surface area contributed by atoms with Crippen LogP contribution >= 0.6 is 0 Å². The van der Waals surface area contributed by atoms with Crippen LogP contribution in [0.2, 0.25) is 0 Å². The minimum absolute atomic E-state index is 0.542. The van der Waals surface area contributed by atoms with Gasteiger partial charge in [0.05, 0.1) is 0 Å². The fourth-order valence-electron chi connectivity index (χ4n) is 1.46. The summed E-state index contributed by atoms with van der Waals surface area (Å²) in [6.07, 6.45) is 1.29. The second-order valence-corrected chi connectivity index (χ2v) is 3.57. The highest BCUT2D eigenvalue weighted by Crippen LogP contribution is 2.17. The first-order valence-corrected chi connectivity index (χ1v) is 4.68. The molecule has 2 rings (SSSR count). The van der Waals surface area contributed by atoms with Crippen molar-refractivity contribution < 1.29 is 2.74 Å². The lowest BCUT2D eigenvalue weighted by Crippen LogP contribution is -2.14. The molecule has 1 N–H and O–H groups in total. The summed E-state index contributed by atoms with van der Waals surface area (Å²) in [5.74, 6) is 0. The average molecular weight is 190 g/mol. The van der Waals surface area contributed by atoms with Gasteiger partial charge in [-0.1, -0.05) is 18.2 Å². The number of benzene rings is 1. The predicted octanol–water partition coefficient (Wildman–Crippen LogP) is 2.27. The van der Waals surface area contributed by atoms with Crippen molar-refractivity contribution >= 4 is 10.9 Å². The number of para-hydroxylation sites is 1. The molecule has 0 saturated carbocycles. The standard InChI is InChI=1S/C12H16N2/c1-14(2)8-7-10-9-13-12-6-4-3-5-11(10)12/h3-6,9,13H,7-8H2,1-2H3/i7D,8D. The number of aromatic amines is 1. The molecule has 0 aliphatic carbocycles. The van der Waals surface area contributed by atoms with E-state index in [1.807, 2.05) is 44.6 Å². The number of nitrogens with zero attached hydrogens (tertiary/aromatic N) is 1. The Hall–Kier alpha value is -1.28. The van der Waals surface area contributed by atoms with Crippen molar-refractivity contribution in [2.45, 2.75) is 6.40 Å². The van der Waals surface area contributed by atoms with E-state index in [0.717, 1.165) is 16.5 Å². The first kappa shape index (κ1) is 7.07. The molecule has 0 radical (unpaired) electrons. The molecule has 0 spiro atoms. The van der Waals surface area contributed by atoms with Crippen LogP contribution in [0.4, 0.5) is 0 Å². The van der Waals surface area contributed by atoms with Crippen molar-refractivity contribution in [2.24, 2.45) is 0 Å². The van der Waals surface area contributed by atoms with Crippen LogP contribution < -0.4 is 0 Å². The Morgan fingerprint density at radius 2 is 2.14 bits per heavy atom. The third-order valence-corrected chi connectivity index (χ3v) is 2.17. The molecule has 0 amide bonds. The molecule has 2 heteroatoms. The number of hydrogen-bond acceptors (Lipinski definition) is 1. The van der Waals surface area contributed by atoms with Crippen molar-refractivity contribution in [2.75, 3.05) is 20.6 Å². The van der Waals surface area contributed by atoms with Crippen molar-refractivity contribution in [3.8, 4) is 0 Å². The van der Waals surface area contributed by atoms with Gasteiger partial charge in [-0.15, -0.1) is 0 Å². The minimum atomic E-state index is -0.550.